The predicted molar refractivity (Wildman–Crippen MR) is 114 cm³/mol. The van der Waals surface area contributed by atoms with E-state index >= 15 is 0 Å². The summed E-state index contributed by atoms with van der Waals surface area (Å²) in [5, 5.41) is 2.52. The minimum absolute atomic E-state index is 0.0791. The highest BCUT2D eigenvalue weighted by molar-refractivity contribution is 9.10. The molecular weight excluding hydrogens is 454 g/mol. The molecule has 8 heteroatoms. The third kappa shape index (κ3) is 8.24. The van der Waals surface area contributed by atoms with Crippen molar-refractivity contribution in [1.82, 2.24) is 5.32 Å². The summed E-state index contributed by atoms with van der Waals surface area (Å²) in [5.74, 6) is 0.304. The van der Waals surface area contributed by atoms with Gasteiger partial charge in [-0.3, -0.25) is 0 Å². The highest BCUT2D eigenvalue weighted by Crippen LogP contribution is 2.18. The zero-order chi connectivity index (χ0) is 22.1. The molecule has 0 fully saturated rings. The standard InChI is InChI=1S/C22H24BrNO6/c1-22(2,3)30-20(26)24-17(13-25)12-15-8-10-18(11-9-15)29-21(27)28-14-16-6-4-5-7-19(16)23/h4-11,13,17H,12,14H2,1-3H3,(H,24,26)/t17-/m1/s1. The second-order valence-corrected chi connectivity index (χ2v) is 8.32. The van der Waals surface area contributed by atoms with E-state index < -0.39 is 23.9 Å². The molecule has 0 saturated carbocycles. The Morgan fingerprint density at radius 1 is 1.10 bits per heavy atom. The van der Waals surface area contributed by atoms with Crippen molar-refractivity contribution in [3.63, 3.8) is 0 Å². The van der Waals surface area contributed by atoms with Crippen LogP contribution in [-0.2, 0) is 27.3 Å². The van der Waals surface area contributed by atoms with Gasteiger partial charge in [0.2, 0.25) is 0 Å². The van der Waals surface area contributed by atoms with E-state index in [1.54, 1.807) is 45.0 Å². The molecule has 0 aliphatic rings. The topological polar surface area (TPSA) is 90.9 Å². The molecule has 0 aromatic heterocycles. The first-order chi connectivity index (χ1) is 14.2. The van der Waals surface area contributed by atoms with Gasteiger partial charge in [-0.1, -0.05) is 46.3 Å². The van der Waals surface area contributed by atoms with Crippen LogP contribution in [0.3, 0.4) is 0 Å². The maximum absolute atomic E-state index is 11.9. The van der Waals surface area contributed by atoms with Gasteiger partial charge in [0.05, 0.1) is 6.04 Å². The first-order valence-corrected chi connectivity index (χ1v) is 10.1. The van der Waals surface area contributed by atoms with Crippen LogP contribution < -0.4 is 10.1 Å². The fraction of sp³-hybridized carbons (Fsp3) is 0.318. The normalized spacial score (nSPS) is 11.9. The van der Waals surface area contributed by atoms with E-state index in [-0.39, 0.29) is 13.0 Å². The van der Waals surface area contributed by atoms with Crippen LogP contribution in [0.1, 0.15) is 31.9 Å². The Hall–Kier alpha value is -2.87. The Morgan fingerprint density at radius 3 is 2.37 bits per heavy atom. The Kier molecular flexibility index (Phi) is 8.41. The van der Waals surface area contributed by atoms with E-state index in [0.29, 0.717) is 12.0 Å². The van der Waals surface area contributed by atoms with Gasteiger partial charge >= 0.3 is 12.2 Å². The van der Waals surface area contributed by atoms with Gasteiger partial charge in [-0.2, -0.15) is 0 Å². The van der Waals surface area contributed by atoms with Crippen LogP contribution in [0.15, 0.2) is 53.0 Å². The maximum atomic E-state index is 11.9. The van der Waals surface area contributed by atoms with Crippen molar-refractivity contribution in [2.24, 2.45) is 0 Å². The second kappa shape index (κ2) is 10.8. The minimum atomic E-state index is -0.823. The molecular formula is C22H24BrNO6. The molecule has 160 valence electrons. The Balaban J connectivity index is 1.84. The second-order valence-electron chi connectivity index (χ2n) is 7.47. The number of nitrogens with one attached hydrogen (secondary N) is 1. The number of alkyl carbamates (subject to hydrolysis) is 1. The Morgan fingerprint density at radius 2 is 1.77 bits per heavy atom. The van der Waals surface area contributed by atoms with Crippen molar-refractivity contribution >= 4 is 34.5 Å². The number of hydrogen-bond donors (Lipinski definition) is 1. The Bertz CT molecular complexity index is 876. The molecule has 0 aliphatic carbocycles. The van der Waals surface area contributed by atoms with Gasteiger partial charge < -0.3 is 24.3 Å². The molecule has 0 heterocycles. The van der Waals surface area contributed by atoms with Crippen LogP contribution in [0.25, 0.3) is 0 Å². The number of halogens is 1. The van der Waals surface area contributed by atoms with Crippen molar-refractivity contribution in [3.05, 3.63) is 64.1 Å². The number of benzene rings is 2. The van der Waals surface area contributed by atoms with Gasteiger partial charge in [-0.05, 0) is 51.0 Å². The maximum Gasteiger partial charge on any atom is 0.514 e. The van der Waals surface area contributed by atoms with Crippen LogP contribution in [-0.4, -0.2) is 30.2 Å². The largest absolute Gasteiger partial charge is 0.514 e. The number of carbonyl (C=O) groups is 3. The molecule has 0 aliphatic heterocycles. The van der Waals surface area contributed by atoms with Crippen molar-refractivity contribution in [2.45, 2.75) is 45.4 Å². The fourth-order valence-electron chi connectivity index (χ4n) is 2.42. The van der Waals surface area contributed by atoms with Crippen LogP contribution >= 0.6 is 15.9 Å². The third-order valence-electron chi connectivity index (χ3n) is 3.75. The van der Waals surface area contributed by atoms with E-state index in [1.165, 1.54) is 0 Å². The number of carbonyl (C=O) groups excluding carboxylic acids is 3. The fourth-order valence-corrected chi connectivity index (χ4v) is 2.82. The van der Waals surface area contributed by atoms with Crippen LogP contribution in [0.4, 0.5) is 9.59 Å². The Labute approximate surface area is 183 Å². The van der Waals surface area contributed by atoms with Gasteiger partial charge in [-0.25, -0.2) is 9.59 Å². The molecule has 0 unspecified atom stereocenters. The van der Waals surface area contributed by atoms with Gasteiger partial charge in [0.25, 0.3) is 0 Å². The number of ether oxygens (including phenoxy) is 3. The molecule has 2 aromatic carbocycles. The molecule has 1 amide bonds. The summed E-state index contributed by atoms with van der Waals surface area (Å²) in [4.78, 5) is 35.0. The SMILES string of the molecule is CC(C)(C)OC(=O)N[C@@H](C=O)Cc1ccc(OC(=O)OCc2ccccc2Br)cc1. The average molecular weight is 478 g/mol. The molecule has 7 nitrogen and oxygen atoms in total. The third-order valence-corrected chi connectivity index (χ3v) is 4.52. The van der Waals surface area contributed by atoms with Crippen molar-refractivity contribution in [3.8, 4) is 5.75 Å². The zero-order valence-electron chi connectivity index (χ0n) is 17.0. The van der Waals surface area contributed by atoms with E-state index in [1.807, 2.05) is 24.3 Å². The highest BCUT2D eigenvalue weighted by atomic mass is 79.9. The molecule has 0 saturated heterocycles. The van der Waals surface area contributed by atoms with Gasteiger partial charge in [0.15, 0.2) is 0 Å². The summed E-state index contributed by atoms with van der Waals surface area (Å²) < 4.78 is 16.2. The summed E-state index contributed by atoms with van der Waals surface area (Å²) in [6, 6.07) is 13.2. The van der Waals surface area contributed by atoms with Crippen molar-refractivity contribution in [1.29, 1.82) is 0 Å². The molecule has 0 bridgehead atoms. The highest BCUT2D eigenvalue weighted by Gasteiger charge is 2.19. The first-order valence-electron chi connectivity index (χ1n) is 9.28. The monoisotopic (exact) mass is 477 g/mol. The number of amides is 1. The van der Waals surface area contributed by atoms with Crippen LogP contribution in [0, 0.1) is 0 Å². The minimum Gasteiger partial charge on any atom is -0.444 e. The summed E-state index contributed by atoms with van der Waals surface area (Å²) in [5.41, 5.74) is 0.945. The number of aldehydes is 1. The van der Waals surface area contributed by atoms with Crippen molar-refractivity contribution < 1.29 is 28.6 Å². The average Bonchev–Trinajstić information content (AvgIpc) is 2.67. The molecule has 1 N–H and O–H groups in total. The molecule has 30 heavy (non-hydrogen) atoms. The molecule has 0 spiro atoms. The predicted octanol–water partition coefficient (Wildman–Crippen LogP) is 4.80. The van der Waals surface area contributed by atoms with E-state index in [0.717, 1.165) is 15.6 Å². The summed E-state index contributed by atoms with van der Waals surface area (Å²) in [6.45, 7) is 5.30. The van der Waals surface area contributed by atoms with E-state index in [9.17, 15) is 14.4 Å². The molecule has 2 aromatic rings. The van der Waals surface area contributed by atoms with E-state index in [4.69, 9.17) is 14.2 Å². The summed E-state index contributed by atoms with van der Waals surface area (Å²) in [7, 11) is 0. The van der Waals surface area contributed by atoms with E-state index in [2.05, 4.69) is 21.2 Å². The summed E-state index contributed by atoms with van der Waals surface area (Å²) in [6.07, 6.45) is -0.564. The number of rotatable bonds is 7. The lowest BCUT2D eigenvalue weighted by atomic mass is 10.1. The van der Waals surface area contributed by atoms with Gasteiger partial charge in [0.1, 0.15) is 24.2 Å². The smallest absolute Gasteiger partial charge is 0.444 e. The zero-order valence-corrected chi connectivity index (χ0v) is 18.6. The lowest BCUT2D eigenvalue weighted by Crippen LogP contribution is -2.41. The van der Waals surface area contributed by atoms with Crippen molar-refractivity contribution in [2.75, 3.05) is 0 Å². The van der Waals surface area contributed by atoms with Crippen LogP contribution in [0.5, 0.6) is 5.75 Å². The van der Waals surface area contributed by atoms with Gasteiger partial charge in [0, 0.05) is 10.0 Å². The summed E-state index contributed by atoms with van der Waals surface area (Å²) >= 11 is 3.38. The lowest BCUT2D eigenvalue weighted by molar-refractivity contribution is -0.109. The first kappa shape index (κ1) is 23.4. The number of hydrogen-bond acceptors (Lipinski definition) is 6. The molecule has 0 radical (unpaired) electrons. The van der Waals surface area contributed by atoms with Gasteiger partial charge in [-0.15, -0.1) is 0 Å². The lowest BCUT2D eigenvalue weighted by Gasteiger charge is -2.21. The quantitative estimate of drug-likeness (QED) is 0.349. The molecule has 2 rings (SSSR count). The van der Waals surface area contributed by atoms with Crippen LogP contribution in [0.2, 0.25) is 0 Å². The molecule has 1 atom stereocenters.